The van der Waals surface area contributed by atoms with Gasteiger partial charge in [-0.3, -0.25) is 4.79 Å². The minimum Gasteiger partial charge on any atom is -0.351 e. The smallest absolute Gasteiger partial charge is 0.227 e. The van der Waals surface area contributed by atoms with Gasteiger partial charge >= 0.3 is 0 Å². The molecule has 2 heterocycles. The van der Waals surface area contributed by atoms with E-state index in [2.05, 4.69) is 29.0 Å². The van der Waals surface area contributed by atoms with Crippen LogP contribution in [0.2, 0.25) is 0 Å². The molecule has 4 heteroatoms. The Balaban J connectivity index is 1.91. The van der Waals surface area contributed by atoms with Gasteiger partial charge in [-0.2, -0.15) is 0 Å². The normalized spacial score (nSPS) is 24.6. The molecule has 0 aromatic carbocycles. The molecule has 0 saturated carbocycles. The largest absolute Gasteiger partial charge is 0.351 e. The summed E-state index contributed by atoms with van der Waals surface area (Å²) in [5.41, 5.74) is 1.05. The fraction of sp³-hybridized carbons (Fsp3) is 0.583. The van der Waals surface area contributed by atoms with Gasteiger partial charge < -0.3 is 10.6 Å². The highest BCUT2D eigenvalue weighted by Crippen LogP contribution is 2.25. The summed E-state index contributed by atoms with van der Waals surface area (Å²) >= 11 is 1.70. The van der Waals surface area contributed by atoms with Crippen molar-refractivity contribution in [2.24, 2.45) is 5.41 Å². The minimum absolute atomic E-state index is 0.172. The van der Waals surface area contributed by atoms with Crippen molar-refractivity contribution < 1.29 is 4.79 Å². The van der Waals surface area contributed by atoms with Crippen LogP contribution in [-0.2, 0) is 11.3 Å². The maximum atomic E-state index is 12.0. The Kier molecular flexibility index (Phi) is 3.30. The molecular formula is C12H18N2OS. The number of carbonyl (C=O) groups is 1. The summed E-state index contributed by atoms with van der Waals surface area (Å²) in [4.78, 5) is 13.3. The first kappa shape index (κ1) is 11.6. The van der Waals surface area contributed by atoms with Crippen molar-refractivity contribution in [3.05, 3.63) is 21.9 Å². The molecule has 0 bridgehead atoms. The molecule has 1 amide bonds. The second-order valence-electron chi connectivity index (χ2n) is 4.70. The van der Waals surface area contributed by atoms with E-state index < -0.39 is 0 Å². The lowest BCUT2D eigenvalue weighted by Crippen LogP contribution is -2.39. The molecule has 0 aliphatic carbocycles. The quantitative estimate of drug-likeness (QED) is 0.841. The van der Waals surface area contributed by atoms with Gasteiger partial charge in [-0.15, -0.1) is 11.3 Å². The van der Waals surface area contributed by atoms with Gasteiger partial charge in [0.2, 0.25) is 5.91 Å². The zero-order valence-corrected chi connectivity index (χ0v) is 10.6. The molecule has 0 spiro atoms. The number of hydrogen-bond donors (Lipinski definition) is 2. The van der Waals surface area contributed by atoms with Gasteiger partial charge in [0.05, 0.1) is 12.0 Å². The Labute approximate surface area is 100 Å². The Morgan fingerprint density at radius 2 is 2.50 bits per heavy atom. The van der Waals surface area contributed by atoms with Gasteiger partial charge in [-0.25, -0.2) is 0 Å². The maximum Gasteiger partial charge on any atom is 0.227 e. The van der Waals surface area contributed by atoms with Crippen molar-refractivity contribution in [2.75, 3.05) is 13.1 Å². The lowest BCUT2D eigenvalue weighted by molar-refractivity contribution is -0.129. The standard InChI is InChI=1S/C12H18N2OS/c1-9-3-6-16-10(9)7-14-11(15)12(2)4-5-13-8-12/h3,6,13H,4-5,7-8H2,1-2H3,(H,14,15). The van der Waals surface area contributed by atoms with Crippen LogP contribution in [0.25, 0.3) is 0 Å². The Morgan fingerprint density at radius 3 is 3.06 bits per heavy atom. The van der Waals surface area contributed by atoms with Crippen LogP contribution in [0.15, 0.2) is 11.4 Å². The first-order valence-electron chi connectivity index (χ1n) is 5.64. The first-order chi connectivity index (χ1) is 7.62. The highest BCUT2D eigenvalue weighted by Gasteiger charge is 2.35. The van der Waals surface area contributed by atoms with Crippen LogP contribution in [0.3, 0.4) is 0 Å². The zero-order chi connectivity index (χ0) is 11.6. The molecule has 0 radical (unpaired) electrons. The molecule has 1 aromatic heterocycles. The topological polar surface area (TPSA) is 41.1 Å². The van der Waals surface area contributed by atoms with E-state index in [1.165, 1.54) is 10.4 Å². The lowest BCUT2D eigenvalue weighted by atomic mass is 9.89. The van der Waals surface area contributed by atoms with Gasteiger partial charge in [0.25, 0.3) is 0 Å². The average Bonchev–Trinajstić information content (AvgIpc) is 2.85. The van der Waals surface area contributed by atoms with Gasteiger partial charge in [0, 0.05) is 11.4 Å². The first-order valence-corrected chi connectivity index (χ1v) is 6.52. The highest BCUT2D eigenvalue weighted by atomic mass is 32.1. The average molecular weight is 238 g/mol. The van der Waals surface area contributed by atoms with Crippen LogP contribution < -0.4 is 10.6 Å². The van der Waals surface area contributed by atoms with Crippen molar-refractivity contribution in [1.82, 2.24) is 10.6 Å². The van der Waals surface area contributed by atoms with Crippen LogP contribution >= 0.6 is 11.3 Å². The van der Waals surface area contributed by atoms with Crippen molar-refractivity contribution in [1.29, 1.82) is 0 Å². The number of thiophene rings is 1. The van der Waals surface area contributed by atoms with Crippen LogP contribution in [0.1, 0.15) is 23.8 Å². The van der Waals surface area contributed by atoms with E-state index in [-0.39, 0.29) is 11.3 Å². The summed E-state index contributed by atoms with van der Waals surface area (Å²) in [6.45, 7) is 6.52. The van der Waals surface area contributed by atoms with Gasteiger partial charge in [-0.05, 0) is 43.8 Å². The molecule has 1 saturated heterocycles. The van der Waals surface area contributed by atoms with Crippen molar-refractivity contribution in [2.45, 2.75) is 26.8 Å². The molecule has 16 heavy (non-hydrogen) atoms. The van der Waals surface area contributed by atoms with E-state index in [9.17, 15) is 4.79 Å². The molecule has 2 N–H and O–H groups in total. The van der Waals surface area contributed by atoms with Gasteiger partial charge in [0.1, 0.15) is 0 Å². The maximum absolute atomic E-state index is 12.0. The molecular weight excluding hydrogens is 220 g/mol. The molecule has 2 rings (SSSR count). The van der Waals surface area contributed by atoms with Crippen molar-refractivity contribution in [3.8, 4) is 0 Å². The van der Waals surface area contributed by atoms with Crippen molar-refractivity contribution in [3.63, 3.8) is 0 Å². The Bertz CT molecular complexity index is 380. The van der Waals surface area contributed by atoms with E-state index in [1.807, 2.05) is 6.92 Å². The molecule has 1 aliphatic rings. The summed E-state index contributed by atoms with van der Waals surface area (Å²) in [5.74, 6) is 0.172. The van der Waals surface area contributed by atoms with Crippen LogP contribution in [0.5, 0.6) is 0 Å². The number of hydrogen-bond acceptors (Lipinski definition) is 3. The zero-order valence-electron chi connectivity index (χ0n) is 9.80. The van der Waals surface area contributed by atoms with Crippen LogP contribution in [-0.4, -0.2) is 19.0 Å². The highest BCUT2D eigenvalue weighted by molar-refractivity contribution is 7.10. The van der Waals surface area contributed by atoms with E-state index in [4.69, 9.17) is 0 Å². The Hall–Kier alpha value is -0.870. The summed E-state index contributed by atoms with van der Waals surface area (Å²) in [5, 5.41) is 8.35. The summed E-state index contributed by atoms with van der Waals surface area (Å²) in [6.07, 6.45) is 0.933. The number of amides is 1. The van der Waals surface area contributed by atoms with E-state index in [1.54, 1.807) is 11.3 Å². The van der Waals surface area contributed by atoms with Crippen LogP contribution in [0.4, 0.5) is 0 Å². The Morgan fingerprint density at radius 1 is 1.69 bits per heavy atom. The van der Waals surface area contributed by atoms with E-state index in [0.29, 0.717) is 6.54 Å². The number of nitrogens with one attached hydrogen (secondary N) is 2. The number of aryl methyl sites for hydroxylation is 1. The van der Waals surface area contributed by atoms with Gasteiger partial charge in [0.15, 0.2) is 0 Å². The third-order valence-corrected chi connectivity index (χ3v) is 4.32. The molecule has 88 valence electrons. The predicted octanol–water partition coefficient (Wildman–Crippen LogP) is 1.67. The molecule has 1 atom stereocenters. The number of rotatable bonds is 3. The summed E-state index contributed by atoms with van der Waals surface area (Å²) in [7, 11) is 0. The molecule has 1 aliphatic heterocycles. The third kappa shape index (κ3) is 2.28. The molecule has 3 nitrogen and oxygen atoms in total. The van der Waals surface area contributed by atoms with E-state index in [0.717, 1.165) is 19.5 Å². The summed E-state index contributed by atoms with van der Waals surface area (Å²) < 4.78 is 0. The summed E-state index contributed by atoms with van der Waals surface area (Å²) in [6, 6.07) is 2.09. The third-order valence-electron chi connectivity index (χ3n) is 3.29. The minimum atomic E-state index is -0.217. The van der Waals surface area contributed by atoms with E-state index >= 15 is 0 Å². The fourth-order valence-electron chi connectivity index (χ4n) is 1.97. The van der Waals surface area contributed by atoms with Crippen molar-refractivity contribution >= 4 is 17.2 Å². The fourth-order valence-corrected chi connectivity index (χ4v) is 2.82. The monoisotopic (exact) mass is 238 g/mol. The van der Waals surface area contributed by atoms with Crippen LogP contribution in [0, 0.1) is 12.3 Å². The lowest BCUT2D eigenvalue weighted by Gasteiger charge is -2.21. The molecule has 1 unspecified atom stereocenters. The molecule has 1 aromatic rings. The van der Waals surface area contributed by atoms with Gasteiger partial charge in [-0.1, -0.05) is 0 Å². The second kappa shape index (κ2) is 4.55. The predicted molar refractivity (Wildman–Crippen MR) is 66.5 cm³/mol. The number of carbonyl (C=O) groups excluding carboxylic acids is 1. The SMILES string of the molecule is Cc1ccsc1CNC(=O)C1(C)CCNC1. The molecule has 1 fully saturated rings. The second-order valence-corrected chi connectivity index (χ2v) is 5.70.